The van der Waals surface area contributed by atoms with Gasteiger partial charge in [-0.05, 0) is 72.9 Å². The van der Waals surface area contributed by atoms with Gasteiger partial charge in [-0.2, -0.15) is 0 Å². The molecular formula is C41H50Cl4N4O5. The third-order valence-corrected chi connectivity index (χ3v) is 10.3. The van der Waals surface area contributed by atoms with Crippen molar-refractivity contribution in [3.05, 3.63) is 86.5 Å². The van der Waals surface area contributed by atoms with Gasteiger partial charge in [0.2, 0.25) is 6.29 Å². The first-order valence-corrected chi connectivity index (χ1v) is 20.0. The van der Waals surface area contributed by atoms with Gasteiger partial charge in [0, 0.05) is 22.5 Å². The van der Waals surface area contributed by atoms with Crippen LogP contribution in [-0.4, -0.2) is 35.5 Å². The number of nitrogens with one attached hydrogen (secondary N) is 2. The summed E-state index contributed by atoms with van der Waals surface area (Å²) in [5.41, 5.74) is 4.35. The lowest BCUT2D eigenvalue weighted by atomic mass is 9.86. The fourth-order valence-corrected chi connectivity index (χ4v) is 7.53. The normalized spacial score (nSPS) is 14.6. The van der Waals surface area contributed by atoms with Crippen molar-refractivity contribution in [1.29, 1.82) is 0 Å². The molecule has 3 N–H and O–H groups in total. The van der Waals surface area contributed by atoms with Crippen molar-refractivity contribution in [2.45, 2.75) is 116 Å². The summed E-state index contributed by atoms with van der Waals surface area (Å²) in [6.07, 6.45) is 13.7. The molecular weight excluding hydrogens is 770 g/mol. The maximum atomic E-state index is 13.9. The van der Waals surface area contributed by atoms with Gasteiger partial charge in [-0.25, -0.2) is 5.43 Å². The van der Waals surface area contributed by atoms with E-state index in [1.807, 2.05) is 20.8 Å². The number of carbonyl (C=O) groups excluding carboxylic acids is 3. The van der Waals surface area contributed by atoms with Crippen LogP contribution < -0.4 is 25.4 Å². The third-order valence-electron chi connectivity index (χ3n) is 9.17. The minimum Gasteiger partial charge on any atom is -0.508 e. The Balaban J connectivity index is 1.51. The molecule has 13 heteroatoms. The number of halogens is 4. The van der Waals surface area contributed by atoms with Crippen LogP contribution in [0.4, 0.5) is 17.1 Å². The molecule has 2 amide bonds. The predicted octanol–water partition coefficient (Wildman–Crippen LogP) is 11.4. The number of phenolic OH excluding ortho intramolecular Hbond substituents is 1. The molecule has 3 aromatic carbocycles. The van der Waals surface area contributed by atoms with Gasteiger partial charge in [-0.15, -0.1) is 0 Å². The summed E-state index contributed by atoms with van der Waals surface area (Å²) >= 11 is 25.6. The van der Waals surface area contributed by atoms with E-state index in [0.717, 1.165) is 25.7 Å². The monoisotopic (exact) mass is 818 g/mol. The number of phenols is 1. The van der Waals surface area contributed by atoms with Gasteiger partial charge in [0.25, 0.3) is 11.8 Å². The highest BCUT2D eigenvalue weighted by molar-refractivity contribution is 6.42. The maximum absolute atomic E-state index is 13.9. The molecule has 1 aliphatic heterocycles. The van der Waals surface area contributed by atoms with E-state index in [2.05, 4.69) is 17.7 Å². The first-order valence-electron chi connectivity index (χ1n) is 18.5. The zero-order valence-electron chi connectivity index (χ0n) is 31.3. The van der Waals surface area contributed by atoms with Crippen molar-refractivity contribution in [2.24, 2.45) is 0 Å². The Morgan fingerprint density at radius 2 is 1.54 bits per heavy atom. The van der Waals surface area contributed by atoms with Crippen molar-refractivity contribution in [1.82, 2.24) is 5.43 Å². The zero-order valence-corrected chi connectivity index (χ0v) is 34.3. The van der Waals surface area contributed by atoms with Crippen LogP contribution in [0.5, 0.6) is 11.5 Å². The number of hydrazine groups is 1. The Morgan fingerprint density at radius 3 is 2.15 bits per heavy atom. The van der Waals surface area contributed by atoms with Gasteiger partial charge in [0.05, 0.1) is 26.4 Å². The van der Waals surface area contributed by atoms with Crippen LogP contribution in [-0.2, 0) is 19.8 Å². The maximum Gasteiger partial charge on any atom is 0.292 e. The molecule has 54 heavy (non-hydrogen) atoms. The van der Waals surface area contributed by atoms with Crippen LogP contribution in [0.3, 0.4) is 0 Å². The molecule has 4 rings (SSSR count). The number of aldehydes is 1. The highest BCUT2D eigenvalue weighted by atomic mass is 35.5. The highest BCUT2D eigenvalue weighted by Gasteiger charge is 2.32. The molecule has 0 bridgehead atoms. The summed E-state index contributed by atoms with van der Waals surface area (Å²) in [6.45, 7) is 8.20. The Bertz CT molecular complexity index is 1770. The number of unbranched alkanes of at least 4 members (excludes halogenated alkanes) is 9. The largest absolute Gasteiger partial charge is 0.508 e. The highest BCUT2D eigenvalue weighted by Crippen LogP contribution is 2.39. The lowest BCUT2D eigenvalue weighted by molar-refractivity contribution is -0.129. The SMILES string of the molecule is CCCCCCCCCCCCC(Oc1ccc(O)c(C(C)(C)C)c1)C(=O)Nc1ccc(Cl)c(N(C(=O)C=O)C2C=CN(c3c(Cl)cc(Cl)cc3Cl)N2)c1. The van der Waals surface area contributed by atoms with Crippen LogP contribution in [0.25, 0.3) is 0 Å². The van der Waals surface area contributed by atoms with Crippen molar-refractivity contribution < 1.29 is 24.2 Å². The number of rotatable bonds is 19. The van der Waals surface area contributed by atoms with E-state index < -0.39 is 24.1 Å². The lowest BCUT2D eigenvalue weighted by Gasteiger charge is -2.30. The van der Waals surface area contributed by atoms with Crippen molar-refractivity contribution in [2.75, 3.05) is 15.2 Å². The summed E-state index contributed by atoms with van der Waals surface area (Å²) in [7, 11) is 0. The number of carbonyl (C=O) groups is 3. The summed E-state index contributed by atoms with van der Waals surface area (Å²) < 4.78 is 6.33. The fourth-order valence-electron chi connectivity index (χ4n) is 6.32. The smallest absolute Gasteiger partial charge is 0.292 e. The molecule has 0 spiro atoms. The van der Waals surface area contributed by atoms with E-state index in [1.165, 1.54) is 72.7 Å². The third kappa shape index (κ3) is 12.0. The summed E-state index contributed by atoms with van der Waals surface area (Å²) in [5, 5.41) is 16.0. The standard InChI is InChI=1S/C41H50Cl4N4O5/c1-5-6-7-8-9-10-11-12-13-14-15-36(54-29-17-19-35(51)30(25-29)41(2,3)4)40(53)46-28-16-18-31(43)34(24-28)49(38(52)26-50)37-20-21-48(47-37)39-32(44)22-27(42)23-33(39)45/h16-26,36-37,47,51H,5-15H2,1-4H3,(H,46,53). The number of aromatic hydroxyl groups is 1. The molecule has 1 aliphatic rings. The first-order chi connectivity index (χ1) is 25.7. The molecule has 1 heterocycles. The van der Waals surface area contributed by atoms with Gasteiger partial charge >= 0.3 is 0 Å². The molecule has 0 radical (unpaired) electrons. The second-order valence-electron chi connectivity index (χ2n) is 14.5. The molecule has 0 aromatic heterocycles. The minimum absolute atomic E-state index is 0.155. The first kappa shape index (κ1) is 43.3. The van der Waals surface area contributed by atoms with Crippen molar-refractivity contribution >= 4 is 81.6 Å². The van der Waals surface area contributed by atoms with Gasteiger partial charge in [0.1, 0.15) is 17.7 Å². The summed E-state index contributed by atoms with van der Waals surface area (Å²) in [5.74, 6) is -0.659. The Hall–Kier alpha value is -3.47. The Labute approximate surface area is 338 Å². The van der Waals surface area contributed by atoms with Crippen LogP contribution in [0.1, 0.15) is 104 Å². The second kappa shape index (κ2) is 20.4. The van der Waals surface area contributed by atoms with Crippen LogP contribution in [0.15, 0.2) is 60.8 Å². The van der Waals surface area contributed by atoms with Crippen LogP contribution in [0, 0.1) is 0 Å². The number of nitrogens with zero attached hydrogens (tertiary/aromatic N) is 2. The summed E-state index contributed by atoms with van der Waals surface area (Å²) in [6, 6.07) is 12.7. The molecule has 0 fully saturated rings. The molecule has 0 aliphatic carbocycles. The van der Waals surface area contributed by atoms with Crippen molar-refractivity contribution in [3.63, 3.8) is 0 Å². The molecule has 9 nitrogen and oxygen atoms in total. The quantitative estimate of drug-likeness (QED) is 0.0627. The Morgan fingerprint density at radius 1 is 0.907 bits per heavy atom. The second-order valence-corrected chi connectivity index (χ2v) is 16.1. The van der Waals surface area contributed by atoms with E-state index in [9.17, 15) is 19.5 Å². The molecule has 2 unspecified atom stereocenters. The number of ether oxygens (including phenoxy) is 1. The molecule has 292 valence electrons. The predicted molar refractivity (Wildman–Crippen MR) is 221 cm³/mol. The Kier molecular flexibility index (Phi) is 16.4. The number of anilines is 3. The van der Waals surface area contributed by atoms with E-state index in [1.54, 1.807) is 36.5 Å². The van der Waals surface area contributed by atoms with E-state index in [-0.39, 0.29) is 38.2 Å². The topological polar surface area (TPSA) is 111 Å². The van der Waals surface area contributed by atoms with Crippen molar-refractivity contribution in [3.8, 4) is 11.5 Å². The number of amides is 2. The number of benzene rings is 3. The van der Waals surface area contributed by atoms with Gasteiger partial charge in [-0.1, -0.05) is 132 Å². The fraction of sp³-hybridized carbons (Fsp3) is 0.439. The van der Waals surface area contributed by atoms with E-state index in [4.69, 9.17) is 51.1 Å². The molecule has 0 saturated carbocycles. The average molecular weight is 821 g/mol. The van der Waals surface area contributed by atoms with Crippen LogP contribution >= 0.6 is 46.4 Å². The zero-order chi connectivity index (χ0) is 39.4. The van der Waals surface area contributed by atoms with E-state index >= 15 is 0 Å². The molecule has 2 atom stereocenters. The average Bonchev–Trinajstić information content (AvgIpc) is 3.58. The van der Waals surface area contributed by atoms with Crippen LogP contribution in [0.2, 0.25) is 20.1 Å². The lowest BCUT2D eigenvalue weighted by Crippen LogP contribution is -2.50. The molecule has 3 aromatic rings. The van der Waals surface area contributed by atoms with Gasteiger partial charge in [0.15, 0.2) is 6.10 Å². The van der Waals surface area contributed by atoms with Gasteiger partial charge < -0.3 is 15.2 Å². The van der Waals surface area contributed by atoms with E-state index in [0.29, 0.717) is 34.1 Å². The number of hydrogen-bond acceptors (Lipinski definition) is 7. The number of hydrogen-bond donors (Lipinski definition) is 3. The van der Waals surface area contributed by atoms with Gasteiger partial charge in [-0.3, -0.25) is 24.3 Å². The molecule has 0 saturated heterocycles. The summed E-state index contributed by atoms with van der Waals surface area (Å²) in [4.78, 5) is 40.1. The minimum atomic E-state index is -0.887.